The first kappa shape index (κ1) is 21.3. The standard InChI is InChI=1S/C18H27N5O.HI/c1-3-19-18(20-11-4-14-23-15-5-12-22-23)21-13-10-16-6-8-17(24-2)9-7-16;/h5-9,12,15H,3-4,10-11,13-14H2,1-2H3,(H2,19,20,21);1H. The third-order valence-electron chi connectivity index (χ3n) is 3.58. The van der Waals surface area contributed by atoms with Gasteiger partial charge in [-0.05, 0) is 43.5 Å². The van der Waals surface area contributed by atoms with Gasteiger partial charge in [-0.15, -0.1) is 24.0 Å². The van der Waals surface area contributed by atoms with Crippen LogP contribution in [-0.2, 0) is 13.0 Å². The van der Waals surface area contributed by atoms with Crippen LogP contribution in [0, 0.1) is 0 Å². The Balaban J connectivity index is 0.00000312. The summed E-state index contributed by atoms with van der Waals surface area (Å²) < 4.78 is 7.10. The van der Waals surface area contributed by atoms with Crippen molar-refractivity contribution in [2.45, 2.75) is 26.3 Å². The molecular formula is C18H28IN5O. The molecule has 0 aliphatic heterocycles. The molecule has 25 heavy (non-hydrogen) atoms. The van der Waals surface area contributed by atoms with Gasteiger partial charge < -0.3 is 15.4 Å². The zero-order valence-electron chi connectivity index (χ0n) is 14.9. The second-order valence-electron chi connectivity index (χ2n) is 5.41. The average Bonchev–Trinajstić information content (AvgIpc) is 3.12. The van der Waals surface area contributed by atoms with Crippen molar-refractivity contribution >= 4 is 29.9 Å². The quantitative estimate of drug-likeness (QED) is 0.263. The minimum absolute atomic E-state index is 0. The number of hydrogen-bond acceptors (Lipinski definition) is 3. The molecule has 0 spiro atoms. The van der Waals surface area contributed by atoms with Crippen molar-refractivity contribution in [3.05, 3.63) is 48.3 Å². The number of nitrogens with zero attached hydrogens (tertiary/aromatic N) is 3. The molecule has 0 radical (unpaired) electrons. The number of rotatable bonds is 9. The Labute approximate surface area is 167 Å². The van der Waals surface area contributed by atoms with Gasteiger partial charge in [-0.3, -0.25) is 9.67 Å². The van der Waals surface area contributed by atoms with E-state index in [0.717, 1.165) is 50.7 Å². The Morgan fingerprint density at radius 1 is 1.24 bits per heavy atom. The Morgan fingerprint density at radius 2 is 2.04 bits per heavy atom. The van der Waals surface area contributed by atoms with Crippen molar-refractivity contribution in [2.24, 2.45) is 4.99 Å². The number of aliphatic imine (C=N–C) groups is 1. The Hall–Kier alpha value is -1.77. The fourth-order valence-corrected chi connectivity index (χ4v) is 2.32. The van der Waals surface area contributed by atoms with E-state index in [1.807, 2.05) is 29.1 Å². The Kier molecular flexibility index (Phi) is 10.7. The molecule has 0 aliphatic carbocycles. The highest BCUT2D eigenvalue weighted by molar-refractivity contribution is 14.0. The summed E-state index contributed by atoms with van der Waals surface area (Å²) in [5.41, 5.74) is 1.28. The number of nitrogens with one attached hydrogen (secondary N) is 2. The van der Waals surface area contributed by atoms with Gasteiger partial charge in [0.2, 0.25) is 0 Å². The van der Waals surface area contributed by atoms with Crippen LogP contribution in [0.15, 0.2) is 47.7 Å². The molecule has 0 aliphatic rings. The maximum absolute atomic E-state index is 5.17. The molecule has 1 heterocycles. The lowest BCUT2D eigenvalue weighted by atomic mass is 10.1. The first-order chi connectivity index (χ1) is 11.8. The molecule has 1 aromatic carbocycles. The summed E-state index contributed by atoms with van der Waals surface area (Å²) in [4.78, 5) is 4.60. The van der Waals surface area contributed by atoms with E-state index in [9.17, 15) is 0 Å². The predicted molar refractivity (Wildman–Crippen MR) is 113 cm³/mol. The molecular weight excluding hydrogens is 429 g/mol. The molecule has 0 saturated heterocycles. The zero-order chi connectivity index (χ0) is 17.0. The highest BCUT2D eigenvalue weighted by atomic mass is 127. The van der Waals surface area contributed by atoms with E-state index in [1.54, 1.807) is 13.3 Å². The minimum Gasteiger partial charge on any atom is -0.497 e. The lowest BCUT2D eigenvalue weighted by molar-refractivity contribution is 0.414. The summed E-state index contributed by atoms with van der Waals surface area (Å²) in [7, 11) is 1.68. The lowest BCUT2D eigenvalue weighted by Crippen LogP contribution is -2.38. The van der Waals surface area contributed by atoms with Crippen molar-refractivity contribution in [2.75, 3.05) is 26.7 Å². The SMILES string of the molecule is CCNC(=NCCCn1cccn1)NCCc1ccc(OC)cc1.I. The largest absolute Gasteiger partial charge is 0.497 e. The van der Waals surface area contributed by atoms with E-state index >= 15 is 0 Å². The van der Waals surface area contributed by atoms with Crippen LogP contribution in [0.4, 0.5) is 0 Å². The van der Waals surface area contributed by atoms with Gasteiger partial charge in [-0.1, -0.05) is 12.1 Å². The van der Waals surface area contributed by atoms with Crippen molar-refractivity contribution < 1.29 is 4.74 Å². The molecule has 0 amide bonds. The van der Waals surface area contributed by atoms with E-state index in [4.69, 9.17) is 4.74 Å². The molecule has 6 nitrogen and oxygen atoms in total. The predicted octanol–water partition coefficient (Wildman–Crippen LogP) is 2.70. The number of ether oxygens (including phenoxy) is 1. The first-order valence-corrected chi connectivity index (χ1v) is 8.44. The van der Waals surface area contributed by atoms with E-state index < -0.39 is 0 Å². The van der Waals surface area contributed by atoms with Gasteiger partial charge in [0.15, 0.2) is 5.96 Å². The van der Waals surface area contributed by atoms with Crippen LogP contribution in [0.5, 0.6) is 5.75 Å². The summed E-state index contributed by atoms with van der Waals surface area (Å²) in [6.45, 7) is 5.44. The van der Waals surface area contributed by atoms with Crippen LogP contribution in [0.3, 0.4) is 0 Å². The maximum atomic E-state index is 5.17. The van der Waals surface area contributed by atoms with Crippen LogP contribution < -0.4 is 15.4 Å². The number of hydrogen-bond donors (Lipinski definition) is 2. The molecule has 7 heteroatoms. The normalized spacial score (nSPS) is 10.9. The van der Waals surface area contributed by atoms with Gasteiger partial charge >= 0.3 is 0 Å². The zero-order valence-corrected chi connectivity index (χ0v) is 17.3. The van der Waals surface area contributed by atoms with Crippen molar-refractivity contribution in [1.82, 2.24) is 20.4 Å². The highest BCUT2D eigenvalue weighted by Gasteiger charge is 1.99. The van der Waals surface area contributed by atoms with E-state index in [1.165, 1.54) is 5.56 Å². The summed E-state index contributed by atoms with van der Waals surface area (Å²) in [5, 5.41) is 10.8. The van der Waals surface area contributed by atoms with Gasteiger partial charge in [-0.2, -0.15) is 5.10 Å². The number of halogens is 1. The molecule has 0 saturated carbocycles. The molecule has 1 aromatic heterocycles. The van der Waals surface area contributed by atoms with E-state index in [-0.39, 0.29) is 24.0 Å². The van der Waals surface area contributed by atoms with Gasteiger partial charge in [-0.25, -0.2) is 0 Å². The average molecular weight is 457 g/mol. The second kappa shape index (κ2) is 12.6. The molecule has 0 unspecified atom stereocenters. The Morgan fingerprint density at radius 3 is 2.68 bits per heavy atom. The Bertz CT molecular complexity index is 598. The van der Waals surface area contributed by atoms with Crippen LogP contribution in [0.1, 0.15) is 18.9 Å². The third kappa shape index (κ3) is 8.24. The monoisotopic (exact) mass is 457 g/mol. The van der Waals surface area contributed by atoms with Crippen molar-refractivity contribution in [3.8, 4) is 5.75 Å². The molecule has 138 valence electrons. The second-order valence-corrected chi connectivity index (χ2v) is 5.41. The molecule has 2 N–H and O–H groups in total. The number of aryl methyl sites for hydroxylation is 1. The lowest BCUT2D eigenvalue weighted by Gasteiger charge is -2.11. The third-order valence-corrected chi connectivity index (χ3v) is 3.58. The molecule has 2 rings (SSSR count). The van der Waals surface area contributed by atoms with Crippen molar-refractivity contribution in [3.63, 3.8) is 0 Å². The summed E-state index contributed by atoms with van der Waals surface area (Å²) >= 11 is 0. The van der Waals surface area contributed by atoms with Gasteiger partial charge in [0.05, 0.1) is 7.11 Å². The fraction of sp³-hybridized carbons (Fsp3) is 0.444. The van der Waals surface area contributed by atoms with Gasteiger partial charge in [0, 0.05) is 38.6 Å². The molecule has 0 fully saturated rings. The van der Waals surface area contributed by atoms with E-state index in [0.29, 0.717) is 0 Å². The smallest absolute Gasteiger partial charge is 0.191 e. The van der Waals surface area contributed by atoms with Crippen molar-refractivity contribution in [1.29, 1.82) is 0 Å². The van der Waals surface area contributed by atoms with Crippen LogP contribution in [0.2, 0.25) is 0 Å². The summed E-state index contributed by atoms with van der Waals surface area (Å²) in [5.74, 6) is 1.75. The minimum atomic E-state index is 0. The number of aromatic nitrogens is 2. The number of guanidine groups is 1. The van der Waals surface area contributed by atoms with Gasteiger partial charge in [0.1, 0.15) is 5.75 Å². The van der Waals surface area contributed by atoms with E-state index in [2.05, 4.69) is 39.8 Å². The van der Waals surface area contributed by atoms with Crippen LogP contribution in [0.25, 0.3) is 0 Å². The molecule has 2 aromatic rings. The summed E-state index contributed by atoms with van der Waals surface area (Å²) in [6, 6.07) is 10.1. The first-order valence-electron chi connectivity index (χ1n) is 8.44. The fourth-order valence-electron chi connectivity index (χ4n) is 2.32. The maximum Gasteiger partial charge on any atom is 0.191 e. The van der Waals surface area contributed by atoms with Gasteiger partial charge in [0.25, 0.3) is 0 Å². The van der Waals surface area contributed by atoms with Crippen LogP contribution in [-0.4, -0.2) is 42.5 Å². The summed E-state index contributed by atoms with van der Waals surface area (Å²) in [6.07, 6.45) is 5.69. The van der Waals surface area contributed by atoms with Crippen LogP contribution >= 0.6 is 24.0 Å². The number of benzene rings is 1. The molecule has 0 atom stereocenters. The highest BCUT2D eigenvalue weighted by Crippen LogP contribution is 2.11. The number of methoxy groups -OCH3 is 1. The molecule has 0 bridgehead atoms. The topological polar surface area (TPSA) is 63.5 Å².